The van der Waals surface area contributed by atoms with Gasteiger partial charge in [-0.25, -0.2) is 0 Å². The Morgan fingerprint density at radius 1 is 1.10 bits per heavy atom. The molecule has 2 atom stereocenters. The maximum Gasteiger partial charge on any atom is 0.328 e. The number of rotatable bonds is 10. The lowest BCUT2D eigenvalue weighted by Crippen LogP contribution is -2.14. The SMILES string of the molecule is CC(C)CCCCCOP(=O)(O)CC(C)CC(C)(C)C. The van der Waals surface area contributed by atoms with E-state index < -0.39 is 7.60 Å². The van der Waals surface area contributed by atoms with Crippen molar-refractivity contribution < 1.29 is 14.0 Å². The summed E-state index contributed by atoms with van der Waals surface area (Å²) >= 11 is 0. The molecule has 0 aromatic carbocycles. The molecule has 0 spiro atoms. The highest BCUT2D eigenvalue weighted by molar-refractivity contribution is 7.52. The maximum absolute atomic E-state index is 12.0. The van der Waals surface area contributed by atoms with E-state index in [1.165, 1.54) is 12.8 Å². The first-order chi connectivity index (χ1) is 9.02. The zero-order valence-corrected chi connectivity index (χ0v) is 15.2. The molecule has 0 rings (SSSR count). The molecule has 0 aliphatic rings. The summed E-state index contributed by atoms with van der Waals surface area (Å²) in [5, 5.41) is 0. The number of hydrogen-bond acceptors (Lipinski definition) is 2. The van der Waals surface area contributed by atoms with Gasteiger partial charge in [0.1, 0.15) is 0 Å². The Hall–Kier alpha value is 0.150. The van der Waals surface area contributed by atoms with E-state index in [4.69, 9.17) is 4.52 Å². The van der Waals surface area contributed by atoms with Gasteiger partial charge in [0.25, 0.3) is 0 Å². The fraction of sp³-hybridized carbons (Fsp3) is 1.00. The van der Waals surface area contributed by atoms with Crippen LogP contribution < -0.4 is 0 Å². The normalized spacial score (nSPS) is 17.2. The highest BCUT2D eigenvalue weighted by atomic mass is 31.2. The molecule has 0 bridgehead atoms. The minimum absolute atomic E-state index is 0.191. The van der Waals surface area contributed by atoms with E-state index in [0.717, 1.165) is 25.2 Å². The van der Waals surface area contributed by atoms with E-state index in [9.17, 15) is 9.46 Å². The predicted octanol–water partition coefficient (Wildman–Crippen LogP) is 5.48. The summed E-state index contributed by atoms with van der Waals surface area (Å²) in [7, 11) is -3.40. The summed E-state index contributed by atoms with van der Waals surface area (Å²) < 4.78 is 17.2. The van der Waals surface area contributed by atoms with Crippen LogP contribution in [0.25, 0.3) is 0 Å². The van der Waals surface area contributed by atoms with E-state index >= 15 is 0 Å². The lowest BCUT2D eigenvalue weighted by atomic mass is 9.86. The third-order valence-corrected chi connectivity index (χ3v) is 4.89. The molecule has 0 radical (unpaired) electrons. The first kappa shape index (κ1) is 20.1. The monoisotopic (exact) mass is 306 g/mol. The average molecular weight is 306 g/mol. The molecule has 0 saturated carbocycles. The van der Waals surface area contributed by atoms with Gasteiger partial charge in [-0.15, -0.1) is 0 Å². The van der Waals surface area contributed by atoms with Crippen molar-refractivity contribution in [3.8, 4) is 0 Å². The molecule has 4 heteroatoms. The van der Waals surface area contributed by atoms with Gasteiger partial charge in [-0.05, 0) is 30.1 Å². The topological polar surface area (TPSA) is 46.5 Å². The summed E-state index contributed by atoms with van der Waals surface area (Å²) in [5.74, 6) is 0.949. The quantitative estimate of drug-likeness (QED) is 0.429. The fourth-order valence-corrected chi connectivity index (χ4v) is 4.03. The molecule has 2 unspecified atom stereocenters. The second-order valence-corrected chi connectivity index (χ2v) is 9.66. The zero-order chi connectivity index (χ0) is 15.8. The van der Waals surface area contributed by atoms with Crippen molar-refractivity contribution in [3.05, 3.63) is 0 Å². The van der Waals surface area contributed by atoms with Gasteiger partial charge < -0.3 is 9.42 Å². The molecule has 1 N–H and O–H groups in total. The van der Waals surface area contributed by atoms with Crippen molar-refractivity contribution in [3.63, 3.8) is 0 Å². The minimum atomic E-state index is -3.40. The van der Waals surface area contributed by atoms with E-state index in [1.54, 1.807) is 0 Å². The first-order valence-corrected chi connectivity index (χ1v) is 9.74. The van der Waals surface area contributed by atoms with Crippen molar-refractivity contribution in [1.82, 2.24) is 0 Å². The lowest BCUT2D eigenvalue weighted by Gasteiger charge is -2.24. The summed E-state index contributed by atoms with van der Waals surface area (Å²) in [6.45, 7) is 13.3. The van der Waals surface area contributed by atoms with E-state index in [0.29, 0.717) is 6.61 Å². The van der Waals surface area contributed by atoms with Gasteiger partial charge in [-0.3, -0.25) is 4.57 Å². The minimum Gasteiger partial charge on any atom is -0.324 e. The van der Waals surface area contributed by atoms with Crippen molar-refractivity contribution in [2.75, 3.05) is 12.8 Å². The van der Waals surface area contributed by atoms with E-state index in [2.05, 4.69) is 34.6 Å². The Morgan fingerprint density at radius 3 is 2.20 bits per heavy atom. The Morgan fingerprint density at radius 2 is 1.70 bits per heavy atom. The predicted molar refractivity (Wildman–Crippen MR) is 87.2 cm³/mol. The standard InChI is InChI=1S/C16H35O3P/c1-14(2)10-8-7-9-11-19-20(17,18)13-15(3)12-16(4,5)6/h14-15H,7-13H2,1-6H3,(H,17,18). The molecule has 0 aliphatic carbocycles. The van der Waals surface area contributed by atoms with Gasteiger partial charge in [-0.1, -0.05) is 60.8 Å². The zero-order valence-electron chi connectivity index (χ0n) is 14.3. The molecule has 0 saturated heterocycles. The van der Waals surface area contributed by atoms with Crippen LogP contribution in [0.5, 0.6) is 0 Å². The average Bonchev–Trinajstić information content (AvgIpc) is 2.18. The molecule has 0 heterocycles. The van der Waals surface area contributed by atoms with Crippen LogP contribution >= 0.6 is 7.60 Å². The van der Waals surface area contributed by atoms with Crippen LogP contribution in [-0.4, -0.2) is 17.7 Å². The number of hydrogen-bond donors (Lipinski definition) is 1. The third kappa shape index (κ3) is 13.1. The molecule has 0 aliphatic heterocycles. The molecule has 122 valence electrons. The van der Waals surface area contributed by atoms with Crippen molar-refractivity contribution >= 4 is 7.60 Å². The van der Waals surface area contributed by atoms with Crippen molar-refractivity contribution in [1.29, 1.82) is 0 Å². The molecule has 20 heavy (non-hydrogen) atoms. The van der Waals surface area contributed by atoms with Gasteiger partial charge in [0.15, 0.2) is 0 Å². The molecular formula is C16H35O3P. The van der Waals surface area contributed by atoms with Crippen LogP contribution in [0.2, 0.25) is 0 Å². The van der Waals surface area contributed by atoms with Crippen LogP contribution in [0.1, 0.15) is 73.6 Å². The van der Waals surface area contributed by atoms with Crippen LogP contribution in [0.3, 0.4) is 0 Å². The molecule has 0 aromatic rings. The second kappa shape index (κ2) is 9.23. The third-order valence-electron chi connectivity index (χ3n) is 3.22. The first-order valence-electron chi connectivity index (χ1n) is 7.98. The Labute approximate surface area is 126 Å². The van der Waals surface area contributed by atoms with Gasteiger partial charge in [0.05, 0.1) is 12.8 Å². The molecule has 0 fully saturated rings. The molecule has 0 amide bonds. The van der Waals surface area contributed by atoms with Crippen LogP contribution in [-0.2, 0) is 9.09 Å². The Kier molecular flexibility index (Phi) is 9.29. The van der Waals surface area contributed by atoms with Gasteiger partial charge >= 0.3 is 7.60 Å². The van der Waals surface area contributed by atoms with E-state index in [-0.39, 0.29) is 17.5 Å². The van der Waals surface area contributed by atoms with Gasteiger partial charge in [-0.2, -0.15) is 0 Å². The van der Waals surface area contributed by atoms with E-state index in [1.807, 2.05) is 6.92 Å². The smallest absolute Gasteiger partial charge is 0.324 e. The maximum atomic E-state index is 12.0. The Bertz CT molecular complexity index is 295. The highest BCUT2D eigenvalue weighted by Crippen LogP contribution is 2.45. The van der Waals surface area contributed by atoms with Gasteiger partial charge in [0.2, 0.25) is 0 Å². The lowest BCUT2D eigenvalue weighted by molar-refractivity contribution is 0.241. The highest BCUT2D eigenvalue weighted by Gasteiger charge is 2.25. The van der Waals surface area contributed by atoms with Crippen LogP contribution in [0.15, 0.2) is 0 Å². The van der Waals surface area contributed by atoms with Crippen molar-refractivity contribution in [2.24, 2.45) is 17.3 Å². The number of unbranched alkanes of at least 4 members (excludes halogenated alkanes) is 2. The molecule has 0 aromatic heterocycles. The van der Waals surface area contributed by atoms with Crippen molar-refractivity contribution in [2.45, 2.75) is 73.6 Å². The molecule has 3 nitrogen and oxygen atoms in total. The Balaban J connectivity index is 3.82. The van der Waals surface area contributed by atoms with Crippen LogP contribution in [0, 0.1) is 17.3 Å². The summed E-state index contributed by atoms with van der Waals surface area (Å²) in [5.41, 5.74) is 0.191. The summed E-state index contributed by atoms with van der Waals surface area (Å²) in [4.78, 5) is 9.86. The van der Waals surface area contributed by atoms with Gasteiger partial charge in [0, 0.05) is 0 Å². The van der Waals surface area contributed by atoms with Crippen LogP contribution in [0.4, 0.5) is 0 Å². The second-order valence-electron chi connectivity index (χ2n) is 7.77. The fourth-order valence-electron chi connectivity index (χ4n) is 2.60. The summed E-state index contributed by atoms with van der Waals surface area (Å²) in [6.07, 6.45) is 5.57. The largest absolute Gasteiger partial charge is 0.328 e. The summed E-state index contributed by atoms with van der Waals surface area (Å²) in [6, 6.07) is 0. The molecular weight excluding hydrogens is 271 g/mol.